The highest BCUT2D eigenvalue weighted by atomic mass is 32.2. The molecule has 1 amide bonds. The molecule has 2 aromatic rings. The van der Waals surface area contributed by atoms with Crippen LogP contribution in [0.1, 0.15) is 24.8 Å². The third-order valence-corrected chi connectivity index (χ3v) is 8.21. The van der Waals surface area contributed by atoms with Gasteiger partial charge in [-0.15, -0.1) is 0 Å². The summed E-state index contributed by atoms with van der Waals surface area (Å²) in [6.45, 7) is 1.64. The summed E-state index contributed by atoms with van der Waals surface area (Å²) in [5, 5.41) is 6.03. The molecule has 1 aromatic heterocycles. The molecule has 13 heteroatoms. The molecular weight excluding hydrogens is 487 g/mol. The summed E-state index contributed by atoms with van der Waals surface area (Å²) < 4.78 is 51.3. The van der Waals surface area contributed by atoms with E-state index in [0.29, 0.717) is 62.5 Å². The molecule has 0 radical (unpaired) electrons. The van der Waals surface area contributed by atoms with E-state index < -0.39 is 21.1 Å². The normalized spacial score (nSPS) is 20.4. The summed E-state index contributed by atoms with van der Waals surface area (Å²) in [6, 6.07) is 5.84. The van der Waals surface area contributed by atoms with Crippen molar-refractivity contribution in [3.63, 3.8) is 0 Å². The third kappa shape index (κ3) is 5.78. The van der Waals surface area contributed by atoms with Crippen LogP contribution in [0.25, 0.3) is 0 Å². The zero-order valence-electron chi connectivity index (χ0n) is 18.5. The standard InChI is InChI=1S/C21H25FN4O6S2/c1-30-15-6-9-26(10-7-15)34(28,29)17-4-2-14(3-5-17)19(25-32-16-8-11-31-13-16)20(27)24-21-23-12-18(22)33-21/h2-5,12,15-16H,6-11,13H2,1H3,(H,23,24,27)/b25-19+/t16-/m1/s1. The molecule has 34 heavy (non-hydrogen) atoms. The molecule has 2 aliphatic rings. The topological polar surface area (TPSA) is 119 Å². The van der Waals surface area contributed by atoms with Gasteiger partial charge in [0.25, 0.3) is 5.91 Å². The minimum atomic E-state index is -3.69. The number of halogens is 1. The van der Waals surface area contributed by atoms with Crippen LogP contribution in [-0.2, 0) is 29.1 Å². The number of anilines is 1. The second-order valence-electron chi connectivity index (χ2n) is 7.82. The van der Waals surface area contributed by atoms with Crippen LogP contribution in [0.5, 0.6) is 0 Å². The summed E-state index contributed by atoms with van der Waals surface area (Å²) in [7, 11) is -2.07. The molecule has 0 unspecified atom stereocenters. The summed E-state index contributed by atoms with van der Waals surface area (Å²) in [6.07, 6.45) is 2.65. The first-order valence-electron chi connectivity index (χ1n) is 10.7. The number of ether oxygens (including phenoxy) is 2. The average molecular weight is 513 g/mol. The Morgan fingerprint density at radius 1 is 1.24 bits per heavy atom. The smallest absolute Gasteiger partial charge is 0.280 e. The highest BCUT2D eigenvalue weighted by molar-refractivity contribution is 7.89. The van der Waals surface area contributed by atoms with E-state index in [4.69, 9.17) is 14.3 Å². The first-order valence-corrected chi connectivity index (χ1v) is 13.0. The Bertz CT molecular complexity index is 1120. The Labute approximate surface area is 200 Å². The second-order valence-corrected chi connectivity index (χ2v) is 10.7. The predicted molar refractivity (Wildman–Crippen MR) is 123 cm³/mol. The van der Waals surface area contributed by atoms with Crippen LogP contribution >= 0.6 is 11.3 Å². The van der Waals surface area contributed by atoms with Crippen LogP contribution in [0.2, 0.25) is 0 Å². The lowest BCUT2D eigenvalue weighted by Gasteiger charge is -2.30. The largest absolute Gasteiger partial charge is 0.389 e. The molecule has 0 bridgehead atoms. The fourth-order valence-corrected chi connectivity index (χ4v) is 5.67. The van der Waals surface area contributed by atoms with Gasteiger partial charge in [0, 0.05) is 32.2 Å². The van der Waals surface area contributed by atoms with Crippen molar-refractivity contribution < 1.29 is 31.9 Å². The van der Waals surface area contributed by atoms with Crippen molar-refractivity contribution in [1.82, 2.24) is 9.29 Å². The number of piperidine rings is 1. The molecule has 1 aromatic carbocycles. The lowest BCUT2D eigenvalue weighted by molar-refractivity contribution is -0.110. The monoisotopic (exact) mass is 512 g/mol. The van der Waals surface area contributed by atoms with Gasteiger partial charge in [-0.1, -0.05) is 28.6 Å². The Morgan fingerprint density at radius 2 is 1.97 bits per heavy atom. The second kappa shape index (κ2) is 10.9. The number of amides is 1. The van der Waals surface area contributed by atoms with Gasteiger partial charge >= 0.3 is 0 Å². The molecule has 3 heterocycles. The van der Waals surface area contributed by atoms with Gasteiger partial charge in [-0.25, -0.2) is 13.4 Å². The number of thiazole rings is 1. The SMILES string of the molecule is COC1CCN(S(=O)(=O)c2ccc(/C(=N\O[C@@H]3CCOC3)C(=O)Nc3ncc(F)s3)cc2)CC1. The fourth-order valence-electron chi connectivity index (χ4n) is 3.66. The van der Waals surface area contributed by atoms with E-state index in [2.05, 4.69) is 15.5 Å². The van der Waals surface area contributed by atoms with Crippen molar-refractivity contribution in [2.24, 2.45) is 5.16 Å². The molecule has 4 rings (SSSR count). The van der Waals surface area contributed by atoms with Crippen molar-refractivity contribution in [2.45, 2.75) is 36.4 Å². The van der Waals surface area contributed by atoms with Crippen molar-refractivity contribution >= 4 is 38.1 Å². The number of aromatic nitrogens is 1. The van der Waals surface area contributed by atoms with E-state index in [1.807, 2.05) is 0 Å². The lowest BCUT2D eigenvalue weighted by atomic mass is 10.1. The van der Waals surface area contributed by atoms with Gasteiger partial charge in [0.1, 0.15) is 0 Å². The summed E-state index contributed by atoms with van der Waals surface area (Å²) >= 11 is 0.676. The zero-order valence-corrected chi connectivity index (χ0v) is 20.1. The number of nitrogens with zero attached hydrogens (tertiary/aromatic N) is 3. The first-order chi connectivity index (χ1) is 16.4. The number of carbonyl (C=O) groups is 1. The molecule has 2 aliphatic heterocycles. The van der Waals surface area contributed by atoms with Crippen molar-refractivity contribution in [3.8, 4) is 0 Å². The van der Waals surface area contributed by atoms with E-state index in [1.54, 1.807) is 7.11 Å². The molecule has 2 saturated heterocycles. The number of nitrogens with one attached hydrogen (secondary N) is 1. The van der Waals surface area contributed by atoms with E-state index in [-0.39, 0.29) is 27.9 Å². The Hall–Kier alpha value is -2.45. The summed E-state index contributed by atoms with van der Waals surface area (Å²) in [5.74, 6) is -0.662. The van der Waals surface area contributed by atoms with Gasteiger partial charge in [-0.2, -0.15) is 8.70 Å². The Balaban J connectivity index is 1.53. The molecule has 10 nitrogen and oxygen atoms in total. The van der Waals surface area contributed by atoms with E-state index in [0.717, 1.165) is 6.20 Å². The number of oxime groups is 1. The minimum absolute atomic E-state index is 0.0580. The number of rotatable bonds is 8. The van der Waals surface area contributed by atoms with E-state index in [9.17, 15) is 17.6 Å². The number of benzene rings is 1. The maximum Gasteiger partial charge on any atom is 0.280 e. The van der Waals surface area contributed by atoms with Crippen LogP contribution in [0.3, 0.4) is 0 Å². The van der Waals surface area contributed by atoms with Crippen LogP contribution < -0.4 is 5.32 Å². The van der Waals surface area contributed by atoms with E-state index in [1.165, 1.54) is 28.6 Å². The third-order valence-electron chi connectivity index (χ3n) is 5.59. The van der Waals surface area contributed by atoms with Crippen LogP contribution in [-0.4, -0.2) is 74.9 Å². The quantitative estimate of drug-likeness (QED) is 0.426. The average Bonchev–Trinajstić information content (AvgIpc) is 3.51. The molecule has 1 atom stereocenters. The van der Waals surface area contributed by atoms with Gasteiger partial charge in [0.2, 0.25) is 10.0 Å². The van der Waals surface area contributed by atoms with Crippen LogP contribution in [0.4, 0.5) is 9.52 Å². The first kappa shape index (κ1) is 24.7. The molecular formula is C21H25FN4O6S2. The van der Waals surface area contributed by atoms with Gasteiger partial charge in [-0.05, 0) is 25.0 Å². The highest BCUT2D eigenvalue weighted by Gasteiger charge is 2.30. The van der Waals surface area contributed by atoms with Gasteiger partial charge in [0.05, 0.1) is 30.4 Å². The zero-order chi connectivity index (χ0) is 24.1. The van der Waals surface area contributed by atoms with Crippen LogP contribution in [0.15, 0.2) is 40.5 Å². The maximum atomic E-state index is 13.3. The number of methoxy groups -OCH3 is 1. The van der Waals surface area contributed by atoms with Gasteiger partial charge < -0.3 is 14.3 Å². The minimum Gasteiger partial charge on any atom is -0.389 e. The molecule has 2 fully saturated rings. The number of hydrogen-bond acceptors (Lipinski definition) is 9. The van der Waals surface area contributed by atoms with Crippen LogP contribution in [0, 0.1) is 5.13 Å². The summed E-state index contributed by atoms with van der Waals surface area (Å²) in [5.41, 5.74) is 0.248. The van der Waals surface area contributed by atoms with Gasteiger partial charge in [-0.3, -0.25) is 10.1 Å². The molecule has 1 N–H and O–H groups in total. The van der Waals surface area contributed by atoms with Gasteiger partial charge in [0.15, 0.2) is 22.1 Å². The molecule has 0 aliphatic carbocycles. The Morgan fingerprint density at radius 3 is 2.56 bits per heavy atom. The molecule has 0 spiro atoms. The summed E-state index contributed by atoms with van der Waals surface area (Å²) in [4.78, 5) is 22.2. The van der Waals surface area contributed by atoms with Crippen molar-refractivity contribution in [1.29, 1.82) is 0 Å². The number of carbonyl (C=O) groups excluding carboxylic acids is 1. The predicted octanol–water partition coefficient (Wildman–Crippen LogP) is 2.23. The molecule has 0 saturated carbocycles. The fraction of sp³-hybridized carbons (Fsp3) is 0.476. The highest BCUT2D eigenvalue weighted by Crippen LogP contribution is 2.23. The lowest BCUT2D eigenvalue weighted by Crippen LogP contribution is -2.40. The van der Waals surface area contributed by atoms with Crippen molar-refractivity contribution in [2.75, 3.05) is 38.7 Å². The number of sulfonamides is 1. The van der Waals surface area contributed by atoms with Crippen molar-refractivity contribution in [3.05, 3.63) is 41.2 Å². The molecule has 184 valence electrons. The number of hydrogen-bond donors (Lipinski definition) is 1. The Kier molecular flexibility index (Phi) is 7.88. The maximum absolute atomic E-state index is 13.3. The van der Waals surface area contributed by atoms with E-state index >= 15 is 0 Å².